The Morgan fingerprint density at radius 2 is 2.05 bits per heavy atom. The monoisotopic (exact) mass is 309 g/mol. The van der Waals surface area contributed by atoms with Gasteiger partial charge in [0.1, 0.15) is 0 Å². The number of nitrogens with one attached hydrogen (secondary N) is 1. The summed E-state index contributed by atoms with van der Waals surface area (Å²) in [6, 6.07) is 8.58. The van der Waals surface area contributed by atoms with E-state index in [0.717, 1.165) is 37.3 Å². The summed E-state index contributed by atoms with van der Waals surface area (Å²) in [6.45, 7) is 3.25. The van der Waals surface area contributed by atoms with Crippen LogP contribution in [0.1, 0.15) is 51.0 Å². The van der Waals surface area contributed by atoms with Crippen LogP contribution in [0.5, 0.6) is 0 Å². The summed E-state index contributed by atoms with van der Waals surface area (Å²) >= 11 is 6.14. The Hall–Kier alpha value is -0.570. The average Bonchev–Trinajstić information content (AvgIpc) is 2.52. The van der Waals surface area contributed by atoms with E-state index in [1.54, 1.807) is 0 Å². The van der Waals surface area contributed by atoms with E-state index in [1.165, 1.54) is 24.8 Å². The zero-order valence-electron chi connectivity index (χ0n) is 13.3. The molecule has 0 aromatic heterocycles. The maximum Gasteiger partial charge on any atom is 0.0834 e. The zero-order valence-corrected chi connectivity index (χ0v) is 14.1. The maximum atomic E-state index is 6.14. The third kappa shape index (κ3) is 4.45. The van der Waals surface area contributed by atoms with Crippen molar-refractivity contribution in [3.63, 3.8) is 0 Å². The van der Waals surface area contributed by atoms with Crippen LogP contribution in [0, 0.1) is 0 Å². The molecule has 0 bridgehead atoms. The molecule has 1 unspecified atom stereocenters. The van der Waals surface area contributed by atoms with Crippen molar-refractivity contribution in [2.75, 3.05) is 13.7 Å². The van der Waals surface area contributed by atoms with Crippen molar-refractivity contribution in [3.8, 4) is 0 Å². The van der Waals surface area contributed by atoms with Gasteiger partial charge in [-0.25, -0.2) is 0 Å². The van der Waals surface area contributed by atoms with Crippen LogP contribution in [0.4, 0.5) is 0 Å². The predicted octanol–water partition coefficient (Wildman–Crippen LogP) is 4.60. The van der Waals surface area contributed by atoms with Gasteiger partial charge in [0.05, 0.1) is 5.60 Å². The highest BCUT2D eigenvalue weighted by atomic mass is 35.5. The second-order valence-corrected chi connectivity index (χ2v) is 6.61. The summed E-state index contributed by atoms with van der Waals surface area (Å²) in [6.07, 6.45) is 8.32. The largest absolute Gasteiger partial charge is 0.377 e. The third-order valence-corrected chi connectivity index (χ3v) is 4.95. The molecule has 0 aliphatic heterocycles. The molecule has 1 saturated carbocycles. The number of hydrogen-bond donors (Lipinski definition) is 1. The Morgan fingerprint density at radius 3 is 2.67 bits per heavy atom. The quantitative estimate of drug-likeness (QED) is 0.794. The molecular weight excluding hydrogens is 282 g/mol. The molecule has 0 spiro atoms. The van der Waals surface area contributed by atoms with Gasteiger partial charge in [-0.15, -0.1) is 0 Å². The molecule has 0 amide bonds. The molecule has 2 nitrogen and oxygen atoms in total. The Bertz CT molecular complexity index is 429. The van der Waals surface area contributed by atoms with Crippen molar-refractivity contribution >= 4 is 11.6 Å². The second kappa shape index (κ2) is 8.17. The normalized spacial score (nSPS) is 19.4. The van der Waals surface area contributed by atoms with E-state index in [0.29, 0.717) is 6.04 Å². The first-order valence-electron chi connectivity index (χ1n) is 8.23. The molecule has 0 radical (unpaired) electrons. The van der Waals surface area contributed by atoms with E-state index in [1.807, 2.05) is 19.2 Å². The molecule has 1 atom stereocenters. The smallest absolute Gasteiger partial charge is 0.0834 e. The standard InChI is InChI=1S/C18H28ClNO/c1-3-12-20-17(14-15-8-7-9-16(19)13-15)18(21-2)10-5-4-6-11-18/h7-9,13,17,20H,3-6,10-12,14H2,1-2H3. The Kier molecular flexibility index (Phi) is 6.53. The lowest BCUT2D eigenvalue weighted by molar-refractivity contribution is -0.0672. The lowest BCUT2D eigenvalue weighted by Gasteiger charge is -2.43. The molecule has 1 aromatic carbocycles. The van der Waals surface area contributed by atoms with Crippen molar-refractivity contribution < 1.29 is 4.74 Å². The molecule has 1 fully saturated rings. The minimum Gasteiger partial charge on any atom is -0.377 e. The first kappa shape index (κ1) is 16.8. The van der Waals surface area contributed by atoms with Gasteiger partial charge in [-0.1, -0.05) is 49.9 Å². The van der Waals surface area contributed by atoms with Gasteiger partial charge in [0.25, 0.3) is 0 Å². The first-order valence-corrected chi connectivity index (χ1v) is 8.61. The highest BCUT2D eigenvalue weighted by Gasteiger charge is 2.39. The van der Waals surface area contributed by atoms with E-state index in [2.05, 4.69) is 24.4 Å². The Morgan fingerprint density at radius 1 is 1.29 bits per heavy atom. The van der Waals surface area contributed by atoms with E-state index >= 15 is 0 Å². The van der Waals surface area contributed by atoms with Crippen LogP contribution in [0.25, 0.3) is 0 Å². The lowest BCUT2D eigenvalue weighted by Crippen LogP contribution is -2.54. The molecule has 1 aliphatic rings. The van der Waals surface area contributed by atoms with Gasteiger partial charge >= 0.3 is 0 Å². The Balaban J connectivity index is 2.16. The van der Waals surface area contributed by atoms with Gasteiger partial charge in [0.15, 0.2) is 0 Å². The number of halogens is 1. The summed E-state index contributed by atoms with van der Waals surface area (Å²) in [5, 5.41) is 4.55. The van der Waals surface area contributed by atoms with Gasteiger partial charge in [-0.2, -0.15) is 0 Å². The van der Waals surface area contributed by atoms with Crippen LogP contribution in [-0.2, 0) is 11.2 Å². The van der Waals surface area contributed by atoms with Crippen LogP contribution in [-0.4, -0.2) is 25.3 Å². The van der Waals surface area contributed by atoms with Crippen molar-refractivity contribution in [1.82, 2.24) is 5.32 Å². The van der Waals surface area contributed by atoms with Crippen LogP contribution in [0.2, 0.25) is 5.02 Å². The molecule has 1 aromatic rings. The maximum absolute atomic E-state index is 6.14. The van der Waals surface area contributed by atoms with E-state index in [4.69, 9.17) is 16.3 Å². The first-order chi connectivity index (χ1) is 10.2. The molecule has 21 heavy (non-hydrogen) atoms. The lowest BCUT2D eigenvalue weighted by atomic mass is 9.77. The van der Waals surface area contributed by atoms with E-state index in [-0.39, 0.29) is 5.60 Å². The van der Waals surface area contributed by atoms with E-state index < -0.39 is 0 Å². The summed E-state index contributed by atoms with van der Waals surface area (Å²) < 4.78 is 6.04. The summed E-state index contributed by atoms with van der Waals surface area (Å²) in [7, 11) is 1.88. The van der Waals surface area contributed by atoms with Crippen molar-refractivity contribution in [3.05, 3.63) is 34.9 Å². The van der Waals surface area contributed by atoms with Crippen LogP contribution < -0.4 is 5.32 Å². The number of hydrogen-bond acceptors (Lipinski definition) is 2. The highest BCUT2D eigenvalue weighted by molar-refractivity contribution is 6.30. The number of rotatable bonds is 7. The van der Waals surface area contributed by atoms with Crippen LogP contribution in [0.3, 0.4) is 0 Å². The van der Waals surface area contributed by atoms with Crippen LogP contribution in [0.15, 0.2) is 24.3 Å². The number of benzene rings is 1. The van der Waals surface area contributed by atoms with Gasteiger partial charge < -0.3 is 10.1 Å². The average molecular weight is 310 g/mol. The zero-order chi connectivity index (χ0) is 15.1. The van der Waals surface area contributed by atoms with E-state index in [9.17, 15) is 0 Å². The molecule has 118 valence electrons. The van der Waals surface area contributed by atoms with Crippen molar-refractivity contribution in [2.24, 2.45) is 0 Å². The fourth-order valence-electron chi connectivity index (χ4n) is 3.51. The minimum atomic E-state index is -0.0181. The fourth-order valence-corrected chi connectivity index (χ4v) is 3.72. The molecule has 2 rings (SSSR count). The second-order valence-electron chi connectivity index (χ2n) is 6.17. The third-order valence-electron chi connectivity index (χ3n) is 4.71. The van der Waals surface area contributed by atoms with Gasteiger partial charge in [-0.05, 0) is 49.9 Å². The highest BCUT2D eigenvalue weighted by Crippen LogP contribution is 2.35. The fraction of sp³-hybridized carbons (Fsp3) is 0.667. The topological polar surface area (TPSA) is 21.3 Å². The van der Waals surface area contributed by atoms with Crippen molar-refractivity contribution in [1.29, 1.82) is 0 Å². The van der Waals surface area contributed by atoms with Gasteiger partial charge in [0.2, 0.25) is 0 Å². The minimum absolute atomic E-state index is 0.0181. The summed E-state index contributed by atoms with van der Waals surface area (Å²) in [5.74, 6) is 0. The number of ether oxygens (including phenoxy) is 1. The molecular formula is C18H28ClNO. The SMILES string of the molecule is CCCNC(Cc1cccc(Cl)c1)C1(OC)CCCCC1. The molecule has 1 aliphatic carbocycles. The Labute approximate surface area is 134 Å². The van der Waals surface area contributed by atoms with Crippen LogP contribution >= 0.6 is 11.6 Å². The van der Waals surface area contributed by atoms with Gasteiger partial charge in [0, 0.05) is 18.2 Å². The number of methoxy groups -OCH3 is 1. The predicted molar refractivity (Wildman–Crippen MR) is 90.1 cm³/mol. The molecule has 1 N–H and O–H groups in total. The summed E-state index contributed by atoms with van der Waals surface area (Å²) in [5.41, 5.74) is 1.27. The summed E-state index contributed by atoms with van der Waals surface area (Å²) in [4.78, 5) is 0. The molecule has 0 saturated heterocycles. The van der Waals surface area contributed by atoms with Gasteiger partial charge in [-0.3, -0.25) is 0 Å². The molecule has 3 heteroatoms. The molecule has 0 heterocycles. The van der Waals surface area contributed by atoms with Crippen molar-refractivity contribution in [2.45, 2.75) is 63.5 Å².